The summed E-state index contributed by atoms with van der Waals surface area (Å²) in [6.07, 6.45) is 1.61. The number of aromatic nitrogens is 1. The average Bonchev–Trinajstić information content (AvgIpc) is 3.18. The highest BCUT2D eigenvalue weighted by Gasteiger charge is 2.44. The first kappa shape index (κ1) is 19.9. The van der Waals surface area contributed by atoms with E-state index in [0.717, 1.165) is 0 Å². The first-order valence-electron chi connectivity index (χ1n) is 10.8. The van der Waals surface area contributed by atoms with Gasteiger partial charge in [-0.1, -0.05) is 48.5 Å². The van der Waals surface area contributed by atoms with E-state index in [0.29, 0.717) is 39.4 Å². The van der Waals surface area contributed by atoms with Gasteiger partial charge in [0.1, 0.15) is 22.9 Å². The molecule has 1 aliphatic heterocycles. The lowest BCUT2D eigenvalue weighted by Crippen LogP contribution is -2.30. The number of nitrogens with zero attached hydrogens (tertiary/aromatic N) is 2. The van der Waals surface area contributed by atoms with Gasteiger partial charge in [0.2, 0.25) is 5.76 Å². The van der Waals surface area contributed by atoms with Gasteiger partial charge in [0.15, 0.2) is 5.43 Å². The SMILES string of the molecule is O=C1c2oc3ccccc3c(=O)c2[C@@H](c2cccc(Oc3ccccc3)c2)N1c1ccccn1. The fourth-order valence-electron chi connectivity index (χ4n) is 4.34. The quantitative estimate of drug-likeness (QED) is 0.353. The van der Waals surface area contributed by atoms with E-state index >= 15 is 0 Å². The van der Waals surface area contributed by atoms with Crippen LogP contribution in [0.2, 0.25) is 0 Å². The summed E-state index contributed by atoms with van der Waals surface area (Å²) in [5.41, 5.74) is 1.16. The summed E-state index contributed by atoms with van der Waals surface area (Å²) in [5, 5.41) is 0.429. The summed E-state index contributed by atoms with van der Waals surface area (Å²) >= 11 is 0. The van der Waals surface area contributed by atoms with Gasteiger partial charge in [0.05, 0.1) is 17.0 Å². The topological polar surface area (TPSA) is 72.6 Å². The van der Waals surface area contributed by atoms with Crippen LogP contribution in [0.3, 0.4) is 0 Å². The van der Waals surface area contributed by atoms with Crippen molar-refractivity contribution in [3.63, 3.8) is 0 Å². The fraction of sp³-hybridized carbons (Fsp3) is 0.0357. The van der Waals surface area contributed by atoms with Crippen LogP contribution in [0.5, 0.6) is 11.5 Å². The normalized spacial score (nSPS) is 14.9. The number of ether oxygens (including phenoxy) is 1. The van der Waals surface area contributed by atoms with Gasteiger partial charge in [-0.25, -0.2) is 4.98 Å². The number of fused-ring (bicyclic) bond motifs is 2. The number of pyridine rings is 1. The van der Waals surface area contributed by atoms with Gasteiger partial charge in [0, 0.05) is 6.20 Å². The average molecular weight is 446 g/mol. The molecule has 0 unspecified atom stereocenters. The summed E-state index contributed by atoms with van der Waals surface area (Å²) in [6.45, 7) is 0. The highest BCUT2D eigenvalue weighted by molar-refractivity contribution is 6.10. The number of hydrogen-bond acceptors (Lipinski definition) is 5. The molecular weight excluding hydrogens is 428 g/mol. The summed E-state index contributed by atoms with van der Waals surface area (Å²) in [4.78, 5) is 33.1. The maximum Gasteiger partial charge on any atom is 0.296 e. The molecule has 0 bridgehead atoms. The molecule has 6 heteroatoms. The molecule has 2 aromatic heterocycles. The van der Waals surface area contributed by atoms with Crippen molar-refractivity contribution in [2.75, 3.05) is 4.90 Å². The minimum absolute atomic E-state index is 0.0359. The van der Waals surface area contributed by atoms with Crippen LogP contribution in [0.25, 0.3) is 11.0 Å². The first-order valence-corrected chi connectivity index (χ1v) is 10.8. The standard InChI is InChI=1S/C28H18N2O4/c31-26-21-13-4-5-14-22(21)34-27-24(26)25(30(28(27)32)23-15-6-7-16-29-23)18-9-8-12-20(17-18)33-19-10-2-1-3-11-19/h1-17,25H/t25-/m1/s1. The number of amides is 1. The van der Waals surface area contributed by atoms with E-state index in [1.807, 2.05) is 54.6 Å². The van der Waals surface area contributed by atoms with E-state index in [9.17, 15) is 9.59 Å². The predicted octanol–water partition coefficient (Wildman–Crippen LogP) is 5.73. The Labute approximate surface area is 194 Å². The lowest BCUT2D eigenvalue weighted by molar-refractivity contribution is 0.0970. The van der Waals surface area contributed by atoms with Crippen molar-refractivity contribution in [2.45, 2.75) is 6.04 Å². The van der Waals surface area contributed by atoms with Crippen molar-refractivity contribution in [3.05, 3.63) is 130 Å². The number of carbonyl (C=O) groups is 1. The van der Waals surface area contributed by atoms with Gasteiger partial charge < -0.3 is 9.15 Å². The lowest BCUT2D eigenvalue weighted by Gasteiger charge is -2.24. The Hall–Kier alpha value is -4.71. The zero-order valence-electron chi connectivity index (χ0n) is 17.9. The summed E-state index contributed by atoms with van der Waals surface area (Å²) < 4.78 is 12.0. The van der Waals surface area contributed by atoms with Gasteiger partial charge in [-0.2, -0.15) is 0 Å². The van der Waals surface area contributed by atoms with Crippen molar-refractivity contribution in [1.29, 1.82) is 0 Å². The minimum atomic E-state index is -0.711. The number of carbonyl (C=O) groups excluding carboxylic acids is 1. The molecule has 5 aromatic rings. The summed E-state index contributed by atoms with van der Waals surface area (Å²) in [7, 11) is 0. The molecule has 164 valence electrons. The van der Waals surface area contributed by atoms with E-state index in [2.05, 4.69) is 4.98 Å². The van der Waals surface area contributed by atoms with Crippen molar-refractivity contribution in [3.8, 4) is 11.5 Å². The molecule has 3 heterocycles. The van der Waals surface area contributed by atoms with Gasteiger partial charge >= 0.3 is 0 Å². The number of para-hydroxylation sites is 2. The van der Waals surface area contributed by atoms with Crippen LogP contribution in [0.15, 0.2) is 112 Å². The number of rotatable bonds is 4. The van der Waals surface area contributed by atoms with Crippen LogP contribution in [0.4, 0.5) is 5.82 Å². The second-order valence-electron chi connectivity index (χ2n) is 7.92. The van der Waals surface area contributed by atoms with Gasteiger partial charge in [-0.3, -0.25) is 14.5 Å². The Balaban J connectivity index is 1.55. The molecule has 0 aliphatic carbocycles. The van der Waals surface area contributed by atoms with Crippen molar-refractivity contribution in [1.82, 2.24) is 4.98 Å². The second kappa shape index (κ2) is 8.01. The first-order chi connectivity index (χ1) is 16.7. The van der Waals surface area contributed by atoms with E-state index in [4.69, 9.17) is 9.15 Å². The zero-order chi connectivity index (χ0) is 23.1. The number of benzene rings is 3. The highest BCUT2D eigenvalue weighted by atomic mass is 16.5. The maximum atomic E-state index is 13.6. The smallest absolute Gasteiger partial charge is 0.296 e. The molecule has 0 N–H and O–H groups in total. The largest absolute Gasteiger partial charge is 0.457 e. The molecular formula is C28H18N2O4. The third-order valence-corrected chi connectivity index (χ3v) is 5.83. The molecule has 0 saturated heterocycles. The molecule has 34 heavy (non-hydrogen) atoms. The van der Waals surface area contributed by atoms with Crippen LogP contribution in [-0.4, -0.2) is 10.9 Å². The third kappa shape index (κ3) is 3.24. The van der Waals surface area contributed by atoms with Crippen LogP contribution in [0, 0.1) is 0 Å². The second-order valence-corrected chi connectivity index (χ2v) is 7.92. The van der Waals surface area contributed by atoms with Crippen LogP contribution in [-0.2, 0) is 0 Å². The zero-order valence-corrected chi connectivity index (χ0v) is 17.9. The molecule has 1 aliphatic rings. The molecule has 0 saturated carbocycles. The lowest BCUT2D eigenvalue weighted by atomic mass is 9.98. The minimum Gasteiger partial charge on any atom is -0.457 e. The van der Waals surface area contributed by atoms with Crippen molar-refractivity contribution in [2.24, 2.45) is 0 Å². The van der Waals surface area contributed by atoms with E-state index < -0.39 is 11.9 Å². The molecule has 6 rings (SSSR count). The molecule has 1 amide bonds. The predicted molar refractivity (Wildman–Crippen MR) is 128 cm³/mol. The highest BCUT2D eigenvalue weighted by Crippen LogP contribution is 2.41. The van der Waals surface area contributed by atoms with E-state index in [-0.39, 0.29) is 11.2 Å². The Morgan fingerprint density at radius 2 is 1.56 bits per heavy atom. The summed E-state index contributed by atoms with van der Waals surface area (Å²) in [6, 6.07) is 28.4. The summed E-state index contributed by atoms with van der Waals surface area (Å²) in [5.74, 6) is 1.34. The monoisotopic (exact) mass is 446 g/mol. The number of anilines is 1. The Morgan fingerprint density at radius 1 is 0.794 bits per heavy atom. The van der Waals surface area contributed by atoms with Gasteiger partial charge in [-0.05, 0) is 54.1 Å². The van der Waals surface area contributed by atoms with Gasteiger partial charge in [-0.15, -0.1) is 0 Å². The number of hydrogen-bond donors (Lipinski definition) is 0. The van der Waals surface area contributed by atoms with E-state index in [1.165, 1.54) is 4.90 Å². The Morgan fingerprint density at radius 3 is 2.38 bits per heavy atom. The van der Waals surface area contributed by atoms with Crippen molar-refractivity contribution >= 4 is 22.7 Å². The Kier molecular flexibility index (Phi) is 4.70. The molecule has 0 fully saturated rings. The van der Waals surface area contributed by atoms with Crippen LogP contribution >= 0.6 is 0 Å². The Bertz CT molecular complexity index is 1580. The molecule has 0 radical (unpaired) electrons. The van der Waals surface area contributed by atoms with Crippen LogP contribution in [0.1, 0.15) is 27.7 Å². The van der Waals surface area contributed by atoms with Gasteiger partial charge in [0.25, 0.3) is 5.91 Å². The van der Waals surface area contributed by atoms with Crippen LogP contribution < -0.4 is 15.1 Å². The maximum absolute atomic E-state index is 13.6. The molecule has 1 atom stereocenters. The molecule has 0 spiro atoms. The van der Waals surface area contributed by atoms with Crippen molar-refractivity contribution < 1.29 is 13.9 Å². The molecule has 3 aromatic carbocycles. The third-order valence-electron chi connectivity index (χ3n) is 5.83. The molecule has 6 nitrogen and oxygen atoms in total. The fourth-order valence-corrected chi connectivity index (χ4v) is 4.34. The van der Waals surface area contributed by atoms with E-state index in [1.54, 1.807) is 48.7 Å².